The molecule has 0 radical (unpaired) electrons. The fraction of sp³-hybridized carbons (Fsp3) is 0.333. The van der Waals surface area contributed by atoms with Gasteiger partial charge in [0, 0.05) is 0 Å². The van der Waals surface area contributed by atoms with E-state index < -0.39 is 5.97 Å². The zero-order chi connectivity index (χ0) is 10.0. The molecule has 7 heteroatoms. The molecular formula is C6H5ClO4S2. The summed E-state index contributed by atoms with van der Waals surface area (Å²) < 4.78 is 4.52. The van der Waals surface area contributed by atoms with Gasteiger partial charge in [-0.3, -0.25) is 0 Å². The number of hydrogen-bond donors (Lipinski definition) is 1. The Labute approximate surface area is 87.6 Å². The molecule has 4 nitrogen and oxygen atoms in total. The number of halogens is 1. The summed E-state index contributed by atoms with van der Waals surface area (Å²) in [5.41, 5.74) is 0. The van der Waals surface area contributed by atoms with Gasteiger partial charge in [-0.2, -0.15) is 0 Å². The second-order valence-corrected chi connectivity index (χ2v) is 5.16. The molecule has 13 heavy (non-hydrogen) atoms. The van der Waals surface area contributed by atoms with Crippen molar-refractivity contribution in [1.82, 2.24) is 0 Å². The molecule has 0 unspecified atom stereocenters. The van der Waals surface area contributed by atoms with E-state index in [0.29, 0.717) is 4.24 Å². The van der Waals surface area contributed by atoms with E-state index in [-0.39, 0.29) is 15.6 Å². The van der Waals surface area contributed by atoms with Crippen LogP contribution in [0.25, 0.3) is 0 Å². The third-order valence-electron chi connectivity index (χ3n) is 1.19. The van der Waals surface area contributed by atoms with Crippen molar-refractivity contribution in [2.75, 3.05) is 7.11 Å². The van der Waals surface area contributed by atoms with Crippen molar-refractivity contribution in [1.29, 1.82) is 0 Å². The summed E-state index contributed by atoms with van der Waals surface area (Å²) in [6, 6.07) is 0. The molecule has 0 atom stereocenters. The van der Waals surface area contributed by atoms with Gasteiger partial charge in [-0.05, 0) is 0 Å². The number of carbonyl (C=O) groups is 2. The van der Waals surface area contributed by atoms with Crippen LogP contribution in [0.4, 0.5) is 0 Å². The highest BCUT2D eigenvalue weighted by atomic mass is 35.5. The fourth-order valence-corrected chi connectivity index (χ4v) is 2.89. The number of carboxylic acids is 1. The number of rotatable bonds is 2. The van der Waals surface area contributed by atoms with Gasteiger partial charge in [0.05, 0.1) is 11.3 Å². The maximum Gasteiger partial charge on any atom is 0.349 e. The molecule has 1 N–H and O–H groups in total. The summed E-state index contributed by atoms with van der Waals surface area (Å²) in [5.74, 6) is -1.56. The lowest BCUT2D eigenvalue weighted by Crippen LogP contribution is -2.21. The van der Waals surface area contributed by atoms with Crippen molar-refractivity contribution >= 4 is 47.1 Å². The van der Waals surface area contributed by atoms with Crippen LogP contribution in [0.3, 0.4) is 0 Å². The minimum absolute atomic E-state index is 0.241. The third-order valence-corrected chi connectivity index (χ3v) is 4.57. The van der Waals surface area contributed by atoms with Crippen LogP contribution in [0.15, 0.2) is 9.27 Å². The zero-order valence-corrected chi connectivity index (χ0v) is 8.83. The Morgan fingerprint density at radius 1 is 1.54 bits per heavy atom. The molecule has 1 fully saturated rings. The van der Waals surface area contributed by atoms with Gasteiger partial charge in [-0.25, -0.2) is 9.59 Å². The SMILES string of the molecule is COC(=O)C1SC(=C(Cl)C(=O)O)S1. The van der Waals surface area contributed by atoms with E-state index in [1.807, 2.05) is 0 Å². The number of carbonyl (C=O) groups excluding carboxylic acids is 1. The third kappa shape index (κ3) is 2.32. The standard InChI is InChI=1S/C6H5ClO4S2/c1-11-4(10)6-12-5(13-6)2(7)3(8)9/h6H,1H3,(H,8,9). The van der Waals surface area contributed by atoms with Crippen molar-refractivity contribution in [2.24, 2.45) is 0 Å². The van der Waals surface area contributed by atoms with E-state index in [9.17, 15) is 9.59 Å². The Hall–Kier alpha value is -0.330. The molecule has 1 aliphatic rings. The molecule has 72 valence electrons. The molecular weight excluding hydrogens is 236 g/mol. The Balaban J connectivity index is 2.54. The highest BCUT2D eigenvalue weighted by Crippen LogP contribution is 2.53. The molecule has 1 aliphatic heterocycles. The maximum absolute atomic E-state index is 10.9. The Morgan fingerprint density at radius 3 is 2.46 bits per heavy atom. The van der Waals surface area contributed by atoms with Crippen LogP contribution in [-0.2, 0) is 14.3 Å². The summed E-state index contributed by atoms with van der Waals surface area (Å²) in [5, 5.41) is 8.23. The number of aliphatic carboxylic acids is 1. The maximum atomic E-state index is 10.9. The normalized spacial score (nSPS) is 20.5. The average Bonchev–Trinajstić information content (AvgIpc) is 2.00. The van der Waals surface area contributed by atoms with E-state index in [1.165, 1.54) is 7.11 Å². The number of thioether (sulfide) groups is 2. The smallest absolute Gasteiger partial charge is 0.349 e. The lowest BCUT2D eigenvalue weighted by atomic mass is 10.6. The second-order valence-electron chi connectivity index (χ2n) is 2.00. The van der Waals surface area contributed by atoms with Crippen molar-refractivity contribution < 1.29 is 19.4 Å². The Kier molecular flexibility index (Phi) is 3.52. The predicted octanol–water partition coefficient (Wildman–Crippen LogP) is 1.46. The van der Waals surface area contributed by atoms with Crippen molar-refractivity contribution in [2.45, 2.75) is 4.58 Å². The molecule has 0 aromatic rings. The van der Waals surface area contributed by atoms with E-state index in [4.69, 9.17) is 16.7 Å². The van der Waals surface area contributed by atoms with Crippen LogP contribution in [0, 0.1) is 0 Å². The van der Waals surface area contributed by atoms with E-state index in [2.05, 4.69) is 4.74 Å². The van der Waals surface area contributed by atoms with Gasteiger partial charge in [0.25, 0.3) is 0 Å². The summed E-state index contributed by atoms with van der Waals surface area (Å²) >= 11 is 7.61. The average molecular weight is 241 g/mol. The van der Waals surface area contributed by atoms with Crippen molar-refractivity contribution in [3.63, 3.8) is 0 Å². The molecule has 0 aliphatic carbocycles. The number of esters is 1. The quantitative estimate of drug-likeness (QED) is 0.582. The predicted molar refractivity (Wildman–Crippen MR) is 51.5 cm³/mol. The van der Waals surface area contributed by atoms with E-state index in [1.54, 1.807) is 0 Å². The number of methoxy groups -OCH3 is 1. The van der Waals surface area contributed by atoms with Gasteiger partial charge in [0.1, 0.15) is 5.03 Å². The highest BCUT2D eigenvalue weighted by Gasteiger charge is 2.36. The van der Waals surface area contributed by atoms with Crippen LogP contribution in [0.2, 0.25) is 0 Å². The second kappa shape index (κ2) is 4.26. The molecule has 0 aromatic heterocycles. The minimum Gasteiger partial charge on any atom is -0.477 e. The molecule has 0 aromatic carbocycles. The molecule has 0 amide bonds. The molecule has 0 saturated carbocycles. The fourth-order valence-electron chi connectivity index (χ4n) is 0.586. The molecule has 0 spiro atoms. The monoisotopic (exact) mass is 240 g/mol. The van der Waals surface area contributed by atoms with Crippen molar-refractivity contribution in [3.05, 3.63) is 9.27 Å². The van der Waals surface area contributed by atoms with Gasteiger partial charge < -0.3 is 9.84 Å². The molecule has 0 bridgehead atoms. The Morgan fingerprint density at radius 2 is 2.08 bits per heavy atom. The molecule has 1 heterocycles. The lowest BCUT2D eigenvalue weighted by molar-refractivity contribution is -0.138. The van der Waals surface area contributed by atoms with Crippen LogP contribution in [0.1, 0.15) is 0 Å². The largest absolute Gasteiger partial charge is 0.477 e. The van der Waals surface area contributed by atoms with Gasteiger partial charge in [0.15, 0.2) is 4.58 Å². The van der Waals surface area contributed by atoms with Crippen molar-refractivity contribution in [3.8, 4) is 0 Å². The Bertz CT molecular complexity index is 280. The van der Waals surface area contributed by atoms with E-state index in [0.717, 1.165) is 23.5 Å². The number of ether oxygens (including phenoxy) is 1. The van der Waals surface area contributed by atoms with Gasteiger partial charge >= 0.3 is 11.9 Å². The first kappa shape index (κ1) is 10.7. The summed E-state index contributed by atoms with van der Waals surface area (Å²) in [7, 11) is 1.28. The minimum atomic E-state index is -1.18. The number of hydrogen-bond acceptors (Lipinski definition) is 5. The van der Waals surface area contributed by atoms with Crippen LogP contribution in [-0.4, -0.2) is 28.7 Å². The van der Waals surface area contributed by atoms with Crippen LogP contribution < -0.4 is 0 Å². The summed E-state index contributed by atoms with van der Waals surface area (Å²) in [6.07, 6.45) is 0. The summed E-state index contributed by atoms with van der Waals surface area (Å²) in [4.78, 5) is 21.2. The van der Waals surface area contributed by atoms with Gasteiger partial charge in [-0.15, -0.1) is 0 Å². The van der Waals surface area contributed by atoms with E-state index >= 15 is 0 Å². The first-order valence-electron chi connectivity index (χ1n) is 3.10. The zero-order valence-electron chi connectivity index (χ0n) is 6.44. The van der Waals surface area contributed by atoms with Crippen LogP contribution in [0.5, 0.6) is 0 Å². The van der Waals surface area contributed by atoms with Gasteiger partial charge in [-0.1, -0.05) is 35.1 Å². The molecule has 1 rings (SSSR count). The number of carboxylic acid groups (broad SMARTS) is 1. The molecule has 1 saturated heterocycles. The summed E-state index contributed by atoms with van der Waals surface area (Å²) in [6.45, 7) is 0. The first-order valence-corrected chi connectivity index (χ1v) is 5.24. The van der Waals surface area contributed by atoms with Gasteiger partial charge in [0.2, 0.25) is 0 Å². The first-order chi connectivity index (χ1) is 6.06. The van der Waals surface area contributed by atoms with Crippen LogP contribution >= 0.6 is 35.1 Å². The highest BCUT2D eigenvalue weighted by molar-refractivity contribution is 8.39. The lowest BCUT2D eigenvalue weighted by Gasteiger charge is -2.24. The topological polar surface area (TPSA) is 63.6 Å².